The molecule has 2 aliphatic rings. The van der Waals surface area contributed by atoms with Gasteiger partial charge in [-0.3, -0.25) is 4.79 Å². The van der Waals surface area contributed by atoms with Crippen LogP contribution in [-0.4, -0.2) is 17.4 Å². The predicted molar refractivity (Wildman–Crippen MR) is 88.0 cm³/mol. The highest BCUT2D eigenvalue weighted by Crippen LogP contribution is 2.41. The number of carbonyl (C=O) groups excluding carboxylic acids is 1. The molecule has 0 N–H and O–H groups in total. The summed E-state index contributed by atoms with van der Waals surface area (Å²) in [6.07, 6.45) is 0.841. The number of nitrogens with zero attached hydrogens (tertiary/aromatic N) is 1. The van der Waals surface area contributed by atoms with E-state index in [0.717, 1.165) is 38.9 Å². The summed E-state index contributed by atoms with van der Waals surface area (Å²) in [5.74, 6) is 1.03. The lowest BCUT2D eigenvalue weighted by Crippen LogP contribution is -2.32. The van der Waals surface area contributed by atoms with Gasteiger partial charge in [0.05, 0.1) is 12.6 Å². The molecule has 0 aromatic heterocycles. The summed E-state index contributed by atoms with van der Waals surface area (Å²) in [6.45, 7) is 3.33. The predicted octanol–water partition coefficient (Wildman–Crippen LogP) is 4.24. The van der Waals surface area contributed by atoms with Crippen LogP contribution in [0.1, 0.15) is 39.5 Å². The number of halogens is 1. The molecule has 0 aliphatic carbocycles. The first-order chi connectivity index (χ1) is 10.6. The highest BCUT2D eigenvalue weighted by Gasteiger charge is 2.37. The van der Waals surface area contributed by atoms with Gasteiger partial charge in [0.1, 0.15) is 5.75 Å². The Morgan fingerprint density at radius 1 is 1.27 bits per heavy atom. The van der Waals surface area contributed by atoms with Gasteiger partial charge in [0.25, 0.3) is 5.91 Å². The first-order valence-corrected chi connectivity index (χ1v) is 8.26. The van der Waals surface area contributed by atoms with E-state index in [2.05, 4.69) is 28.1 Å². The molecule has 2 aliphatic heterocycles. The lowest BCUT2D eigenvalue weighted by atomic mass is 9.99. The fourth-order valence-electron chi connectivity index (χ4n) is 3.42. The molecular weight excluding hydrogens is 342 g/mol. The van der Waals surface area contributed by atoms with Crippen molar-refractivity contribution >= 4 is 21.8 Å². The van der Waals surface area contributed by atoms with E-state index >= 15 is 0 Å². The van der Waals surface area contributed by atoms with Gasteiger partial charge >= 0.3 is 0 Å². The topological polar surface area (TPSA) is 29.5 Å². The van der Waals surface area contributed by atoms with E-state index in [0.29, 0.717) is 13.2 Å². The molecule has 0 spiro atoms. The van der Waals surface area contributed by atoms with Crippen LogP contribution in [0.25, 0.3) is 0 Å². The Morgan fingerprint density at radius 3 is 2.95 bits per heavy atom. The van der Waals surface area contributed by atoms with E-state index < -0.39 is 0 Å². The number of hydrogen-bond acceptors (Lipinski definition) is 2. The lowest BCUT2D eigenvalue weighted by Gasteiger charge is -2.33. The quantitative estimate of drug-likeness (QED) is 0.763. The van der Waals surface area contributed by atoms with Crippen molar-refractivity contribution in [1.82, 2.24) is 4.90 Å². The van der Waals surface area contributed by atoms with Crippen LogP contribution in [0.4, 0.5) is 0 Å². The average Bonchev–Trinajstić information content (AvgIpc) is 2.84. The second kappa shape index (κ2) is 5.13. The van der Waals surface area contributed by atoms with E-state index in [4.69, 9.17) is 4.74 Å². The minimum absolute atomic E-state index is 0.0945. The number of para-hydroxylation sites is 1. The molecule has 1 amide bonds. The summed E-state index contributed by atoms with van der Waals surface area (Å²) in [6, 6.07) is 12.2. The Bertz CT molecular complexity index is 772. The average molecular weight is 358 g/mol. The van der Waals surface area contributed by atoms with Crippen molar-refractivity contribution < 1.29 is 9.53 Å². The van der Waals surface area contributed by atoms with Crippen LogP contribution >= 0.6 is 15.9 Å². The molecular formula is C18H16BrNO2. The summed E-state index contributed by atoms with van der Waals surface area (Å²) in [4.78, 5) is 14.9. The maximum absolute atomic E-state index is 12.9. The number of hydrogen-bond donors (Lipinski definition) is 0. The largest absolute Gasteiger partial charge is 0.493 e. The van der Waals surface area contributed by atoms with Crippen molar-refractivity contribution in [3.8, 4) is 5.75 Å². The molecule has 1 atom stereocenters. The van der Waals surface area contributed by atoms with Gasteiger partial charge in [-0.1, -0.05) is 34.1 Å². The van der Waals surface area contributed by atoms with Crippen LogP contribution in [0.15, 0.2) is 40.9 Å². The van der Waals surface area contributed by atoms with Crippen LogP contribution in [0, 0.1) is 6.92 Å². The number of ether oxygens (including phenoxy) is 1. The van der Waals surface area contributed by atoms with E-state index in [1.54, 1.807) is 0 Å². The molecule has 2 aromatic carbocycles. The smallest absolute Gasteiger partial charge is 0.255 e. The molecule has 2 aromatic rings. The number of fused-ring (bicyclic) bond motifs is 2. The van der Waals surface area contributed by atoms with Gasteiger partial charge in [-0.05, 0) is 36.2 Å². The molecule has 3 nitrogen and oxygen atoms in total. The van der Waals surface area contributed by atoms with Crippen molar-refractivity contribution in [2.45, 2.75) is 25.9 Å². The van der Waals surface area contributed by atoms with Crippen molar-refractivity contribution in [2.75, 3.05) is 6.61 Å². The minimum Gasteiger partial charge on any atom is -0.493 e. The summed E-state index contributed by atoms with van der Waals surface area (Å²) in [5, 5.41) is 0. The van der Waals surface area contributed by atoms with Crippen LogP contribution in [0.2, 0.25) is 0 Å². The monoisotopic (exact) mass is 357 g/mol. The second-order valence-corrected chi connectivity index (χ2v) is 6.75. The highest BCUT2D eigenvalue weighted by atomic mass is 79.9. The Kier molecular flexibility index (Phi) is 3.22. The first-order valence-electron chi connectivity index (χ1n) is 7.47. The maximum atomic E-state index is 12.9. The SMILES string of the molecule is Cc1cc(Br)c2c(c1)C(=O)N(C1CCOc3ccccc31)C2. The van der Waals surface area contributed by atoms with Crippen molar-refractivity contribution in [2.24, 2.45) is 0 Å². The lowest BCUT2D eigenvalue weighted by molar-refractivity contribution is 0.0648. The Balaban J connectivity index is 1.75. The first kappa shape index (κ1) is 13.8. The third kappa shape index (κ3) is 2.05. The molecule has 1 unspecified atom stereocenters. The van der Waals surface area contributed by atoms with E-state index in [9.17, 15) is 4.79 Å². The Labute approximate surface area is 138 Å². The van der Waals surface area contributed by atoms with Crippen molar-refractivity contribution in [1.29, 1.82) is 0 Å². The van der Waals surface area contributed by atoms with Gasteiger partial charge in [-0.25, -0.2) is 0 Å². The number of benzene rings is 2. The molecule has 4 heteroatoms. The zero-order valence-corrected chi connectivity index (χ0v) is 13.9. The van der Waals surface area contributed by atoms with Crippen molar-refractivity contribution in [3.05, 3.63) is 63.1 Å². The fraction of sp³-hybridized carbons (Fsp3) is 0.278. The number of rotatable bonds is 1. The normalized spacial score (nSPS) is 19.6. The molecule has 0 bridgehead atoms. The number of aryl methyl sites for hydroxylation is 1. The van der Waals surface area contributed by atoms with Gasteiger partial charge in [0.2, 0.25) is 0 Å². The third-order valence-electron chi connectivity index (χ3n) is 4.46. The van der Waals surface area contributed by atoms with E-state index in [1.165, 1.54) is 0 Å². The molecule has 4 rings (SSSR count). The van der Waals surface area contributed by atoms with Gasteiger partial charge in [-0.2, -0.15) is 0 Å². The zero-order chi connectivity index (χ0) is 15.3. The summed E-state index contributed by atoms with van der Waals surface area (Å²) in [5.41, 5.74) is 4.14. The Morgan fingerprint density at radius 2 is 2.09 bits per heavy atom. The van der Waals surface area contributed by atoms with Crippen LogP contribution < -0.4 is 4.74 Å². The van der Waals surface area contributed by atoms with Gasteiger partial charge in [-0.15, -0.1) is 0 Å². The number of carbonyl (C=O) groups is 1. The second-order valence-electron chi connectivity index (χ2n) is 5.90. The zero-order valence-electron chi connectivity index (χ0n) is 12.3. The maximum Gasteiger partial charge on any atom is 0.255 e. The number of amides is 1. The third-order valence-corrected chi connectivity index (χ3v) is 5.17. The standard InChI is InChI=1S/C18H16BrNO2/c1-11-8-13-14(15(19)9-11)10-20(18(13)21)16-6-7-22-17-5-3-2-4-12(16)17/h2-5,8-9,16H,6-7,10H2,1H3. The van der Waals surface area contributed by atoms with Crippen LogP contribution in [-0.2, 0) is 6.54 Å². The van der Waals surface area contributed by atoms with Gasteiger partial charge < -0.3 is 9.64 Å². The van der Waals surface area contributed by atoms with E-state index in [1.807, 2.05) is 36.1 Å². The highest BCUT2D eigenvalue weighted by molar-refractivity contribution is 9.10. The van der Waals surface area contributed by atoms with Crippen molar-refractivity contribution in [3.63, 3.8) is 0 Å². The molecule has 0 saturated heterocycles. The summed E-state index contributed by atoms with van der Waals surface area (Å²) in [7, 11) is 0. The molecule has 112 valence electrons. The molecule has 2 heterocycles. The Hall–Kier alpha value is -1.81. The van der Waals surface area contributed by atoms with E-state index in [-0.39, 0.29) is 11.9 Å². The summed E-state index contributed by atoms with van der Waals surface area (Å²) < 4.78 is 6.75. The van der Waals surface area contributed by atoms with Crippen LogP contribution in [0.5, 0.6) is 5.75 Å². The van der Waals surface area contributed by atoms with Crippen LogP contribution in [0.3, 0.4) is 0 Å². The molecule has 0 radical (unpaired) electrons. The molecule has 0 saturated carbocycles. The van der Waals surface area contributed by atoms with Gasteiger partial charge in [0, 0.05) is 28.6 Å². The molecule has 22 heavy (non-hydrogen) atoms. The minimum atomic E-state index is 0.0945. The van der Waals surface area contributed by atoms with Gasteiger partial charge in [0.15, 0.2) is 0 Å². The molecule has 0 fully saturated rings. The summed E-state index contributed by atoms with van der Waals surface area (Å²) >= 11 is 3.61. The fourth-order valence-corrected chi connectivity index (χ4v) is 4.12.